The van der Waals surface area contributed by atoms with Crippen LogP contribution in [0.25, 0.3) is 5.70 Å². The summed E-state index contributed by atoms with van der Waals surface area (Å²) < 4.78 is 0. The van der Waals surface area contributed by atoms with Gasteiger partial charge in [0.1, 0.15) is 12.3 Å². The predicted molar refractivity (Wildman–Crippen MR) is 62.5 cm³/mol. The molecule has 3 nitrogen and oxygen atoms in total. The van der Waals surface area contributed by atoms with E-state index in [0.29, 0.717) is 0 Å². The Bertz CT molecular complexity index is 422. The highest BCUT2D eigenvalue weighted by molar-refractivity contribution is 7.12. The lowest BCUT2D eigenvalue weighted by molar-refractivity contribution is -0.109. The number of rotatable bonds is 2. The van der Waals surface area contributed by atoms with Gasteiger partial charge >= 0.3 is 0 Å². The quantitative estimate of drug-likeness (QED) is 0.773. The van der Waals surface area contributed by atoms with Crippen LogP contribution < -0.4 is 5.43 Å². The summed E-state index contributed by atoms with van der Waals surface area (Å²) in [7, 11) is 1.93. The van der Waals surface area contributed by atoms with Gasteiger partial charge < -0.3 is 9.80 Å². The van der Waals surface area contributed by atoms with Gasteiger partial charge in [0.05, 0.1) is 5.70 Å². The molecule has 0 aromatic carbocycles. The molecule has 15 heavy (non-hydrogen) atoms. The fraction of sp³-hybridized carbons (Fsp3) is 0.364. The summed E-state index contributed by atoms with van der Waals surface area (Å²) in [5.74, 6) is 0. The standard InChI is InChI=1S/C11H14N2OS/c1-7-4-10(8(2)15-7)11-5-9(6-14)12-13(11)3/h4-6,9,12H,1-3H3. The van der Waals surface area contributed by atoms with Crippen molar-refractivity contribution in [2.45, 2.75) is 19.9 Å². The fourth-order valence-corrected chi connectivity index (χ4v) is 2.77. The first-order valence-corrected chi connectivity index (χ1v) is 5.68. The van der Waals surface area contributed by atoms with Gasteiger partial charge in [-0.2, -0.15) is 0 Å². The molecule has 1 N–H and O–H groups in total. The first-order chi connectivity index (χ1) is 7.11. The van der Waals surface area contributed by atoms with E-state index in [0.717, 1.165) is 12.0 Å². The molecular formula is C11H14N2OS. The number of carbonyl (C=O) groups excluding carboxylic acids is 1. The van der Waals surface area contributed by atoms with Crippen LogP contribution in [0.1, 0.15) is 15.3 Å². The van der Waals surface area contributed by atoms with E-state index in [1.54, 1.807) is 11.3 Å². The van der Waals surface area contributed by atoms with Gasteiger partial charge in [0, 0.05) is 22.4 Å². The zero-order chi connectivity index (χ0) is 11.0. The van der Waals surface area contributed by atoms with Crippen LogP contribution in [-0.2, 0) is 4.79 Å². The highest BCUT2D eigenvalue weighted by Gasteiger charge is 2.22. The average molecular weight is 222 g/mol. The molecule has 0 spiro atoms. The predicted octanol–water partition coefficient (Wildman–Crippen LogP) is 1.72. The summed E-state index contributed by atoms with van der Waals surface area (Å²) in [4.78, 5) is 13.3. The number of nitrogens with zero attached hydrogens (tertiary/aromatic N) is 1. The number of hydrogen-bond acceptors (Lipinski definition) is 4. The van der Waals surface area contributed by atoms with E-state index in [1.165, 1.54) is 15.3 Å². The summed E-state index contributed by atoms with van der Waals surface area (Å²) in [5.41, 5.74) is 5.38. The number of hydrazine groups is 1. The molecule has 0 aliphatic carbocycles. The third-order valence-corrected chi connectivity index (χ3v) is 3.47. The largest absolute Gasteiger partial charge is 0.310 e. The van der Waals surface area contributed by atoms with Gasteiger partial charge in [0.15, 0.2) is 0 Å². The number of aldehydes is 1. The van der Waals surface area contributed by atoms with Gasteiger partial charge in [-0.25, -0.2) is 5.43 Å². The summed E-state index contributed by atoms with van der Waals surface area (Å²) >= 11 is 1.78. The maximum atomic E-state index is 10.7. The van der Waals surface area contributed by atoms with Crippen molar-refractivity contribution in [3.05, 3.63) is 27.5 Å². The second-order valence-electron chi connectivity index (χ2n) is 3.73. The van der Waals surface area contributed by atoms with Crippen molar-refractivity contribution < 1.29 is 4.79 Å². The van der Waals surface area contributed by atoms with E-state index >= 15 is 0 Å². The second-order valence-corrected chi connectivity index (χ2v) is 5.19. The molecule has 1 aliphatic rings. The van der Waals surface area contributed by atoms with E-state index < -0.39 is 0 Å². The molecule has 1 aromatic heterocycles. The monoisotopic (exact) mass is 222 g/mol. The van der Waals surface area contributed by atoms with E-state index in [1.807, 2.05) is 18.1 Å². The number of carbonyl (C=O) groups is 1. The van der Waals surface area contributed by atoms with E-state index in [-0.39, 0.29) is 6.04 Å². The normalized spacial score (nSPS) is 20.6. The Hall–Kier alpha value is -1.13. The van der Waals surface area contributed by atoms with E-state index in [4.69, 9.17) is 0 Å². The summed E-state index contributed by atoms with van der Waals surface area (Å²) in [6.45, 7) is 4.21. The molecule has 0 saturated carbocycles. The SMILES string of the molecule is Cc1cc(C2=CC(C=O)NN2C)c(C)s1. The maximum absolute atomic E-state index is 10.7. The van der Waals surface area contributed by atoms with Crippen molar-refractivity contribution in [3.63, 3.8) is 0 Å². The molecule has 4 heteroatoms. The molecule has 1 unspecified atom stereocenters. The number of hydrogen-bond donors (Lipinski definition) is 1. The Kier molecular flexibility index (Phi) is 2.63. The van der Waals surface area contributed by atoms with E-state index in [9.17, 15) is 4.79 Å². The van der Waals surface area contributed by atoms with Crippen LogP contribution in [0.3, 0.4) is 0 Å². The Balaban J connectivity index is 2.38. The molecule has 0 radical (unpaired) electrons. The van der Waals surface area contributed by atoms with Crippen molar-refractivity contribution in [1.82, 2.24) is 10.4 Å². The third-order valence-electron chi connectivity index (χ3n) is 2.51. The molecule has 2 heterocycles. The molecule has 1 atom stereocenters. The van der Waals surface area contributed by atoms with Crippen LogP contribution in [-0.4, -0.2) is 24.4 Å². The van der Waals surface area contributed by atoms with Gasteiger partial charge in [-0.15, -0.1) is 11.3 Å². The zero-order valence-electron chi connectivity index (χ0n) is 9.07. The van der Waals surface area contributed by atoms with Crippen molar-refractivity contribution in [3.8, 4) is 0 Å². The van der Waals surface area contributed by atoms with E-state index in [2.05, 4.69) is 25.3 Å². The Morgan fingerprint density at radius 3 is 2.73 bits per heavy atom. The zero-order valence-corrected chi connectivity index (χ0v) is 9.89. The summed E-state index contributed by atoms with van der Waals surface area (Å²) in [6, 6.07) is 1.97. The van der Waals surface area contributed by atoms with Crippen LogP contribution in [0.15, 0.2) is 12.1 Å². The van der Waals surface area contributed by atoms with Crippen LogP contribution >= 0.6 is 11.3 Å². The average Bonchev–Trinajstić information content (AvgIpc) is 2.69. The van der Waals surface area contributed by atoms with Gasteiger partial charge in [-0.1, -0.05) is 0 Å². The molecule has 80 valence electrons. The Morgan fingerprint density at radius 1 is 1.53 bits per heavy atom. The van der Waals surface area contributed by atoms with Crippen LogP contribution in [0, 0.1) is 13.8 Å². The van der Waals surface area contributed by atoms with Crippen molar-refractivity contribution >= 4 is 23.3 Å². The molecular weight excluding hydrogens is 208 g/mol. The Morgan fingerprint density at radius 2 is 2.27 bits per heavy atom. The third kappa shape index (κ3) is 1.82. The van der Waals surface area contributed by atoms with Crippen LogP contribution in [0.4, 0.5) is 0 Å². The lowest BCUT2D eigenvalue weighted by Gasteiger charge is -2.16. The van der Waals surface area contributed by atoms with Crippen LogP contribution in [0.2, 0.25) is 0 Å². The fourth-order valence-electron chi connectivity index (χ4n) is 1.84. The molecule has 0 saturated heterocycles. The minimum Gasteiger partial charge on any atom is -0.310 e. The molecule has 2 rings (SSSR count). The van der Waals surface area contributed by atoms with Crippen molar-refractivity contribution in [2.75, 3.05) is 7.05 Å². The Labute approximate surface area is 93.4 Å². The first kappa shape index (κ1) is 10.4. The van der Waals surface area contributed by atoms with Gasteiger partial charge in [0.25, 0.3) is 0 Å². The topological polar surface area (TPSA) is 32.3 Å². The van der Waals surface area contributed by atoms with Gasteiger partial charge in [-0.3, -0.25) is 0 Å². The molecule has 0 bridgehead atoms. The molecule has 0 fully saturated rings. The van der Waals surface area contributed by atoms with Gasteiger partial charge in [0.2, 0.25) is 0 Å². The number of thiophene rings is 1. The smallest absolute Gasteiger partial charge is 0.142 e. The molecule has 1 aromatic rings. The lowest BCUT2D eigenvalue weighted by atomic mass is 10.1. The molecule has 1 aliphatic heterocycles. The maximum Gasteiger partial charge on any atom is 0.142 e. The minimum absolute atomic E-state index is 0.190. The van der Waals surface area contributed by atoms with Crippen LogP contribution in [0.5, 0.6) is 0 Å². The number of aryl methyl sites for hydroxylation is 2. The number of nitrogens with one attached hydrogen (secondary N) is 1. The van der Waals surface area contributed by atoms with Crippen molar-refractivity contribution in [1.29, 1.82) is 0 Å². The van der Waals surface area contributed by atoms with Crippen molar-refractivity contribution in [2.24, 2.45) is 0 Å². The first-order valence-electron chi connectivity index (χ1n) is 4.86. The van der Waals surface area contributed by atoms with Gasteiger partial charge in [-0.05, 0) is 26.0 Å². The highest BCUT2D eigenvalue weighted by atomic mass is 32.1. The highest BCUT2D eigenvalue weighted by Crippen LogP contribution is 2.30. The second kappa shape index (κ2) is 3.79. The lowest BCUT2D eigenvalue weighted by Crippen LogP contribution is -2.34. The summed E-state index contributed by atoms with van der Waals surface area (Å²) in [5, 5.41) is 1.91. The minimum atomic E-state index is -0.190. The summed E-state index contributed by atoms with van der Waals surface area (Å²) in [6.07, 6.45) is 2.87. The molecule has 0 amide bonds.